The minimum atomic E-state index is -0.0690. The highest BCUT2D eigenvalue weighted by Crippen LogP contribution is 2.56. The van der Waals surface area contributed by atoms with Crippen LogP contribution in [0, 0.1) is 0 Å². The normalized spacial score (nSPS) is 15.4. The first-order valence-electron chi connectivity index (χ1n) is 13.6. The average molecular weight is 492 g/mol. The van der Waals surface area contributed by atoms with Gasteiger partial charge in [-0.2, -0.15) is 0 Å². The van der Waals surface area contributed by atoms with Crippen molar-refractivity contribution in [1.29, 1.82) is 0 Å². The molecule has 1 nitrogen and oxygen atoms in total. The van der Waals surface area contributed by atoms with Crippen molar-refractivity contribution in [1.82, 2.24) is 0 Å². The lowest BCUT2D eigenvalue weighted by molar-refractivity contribution is 0.659. The SMILES string of the molecule is CN(c1cccc2c1-c1ccc(-c3ccccc3)cc1C2(C)C)c1cccc2c1C(C)(C)c1ccccc1-2. The van der Waals surface area contributed by atoms with Crippen LogP contribution in [-0.4, -0.2) is 7.05 Å². The zero-order valence-corrected chi connectivity index (χ0v) is 22.8. The monoisotopic (exact) mass is 491 g/mol. The van der Waals surface area contributed by atoms with Crippen LogP contribution in [0.2, 0.25) is 0 Å². The molecule has 0 fully saturated rings. The van der Waals surface area contributed by atoms with E-state index in [0.29, 0.717) is 0 Å². The van der Waals surface area contributed by atoms with Crippen LogP contribution in [0.3, 0.4) is 0 Å². The molecule has 2 aliphatic carbocycles. The molecule has 0 heterocycles. The molecule has 186 valence electrons. The molecule has 0 radical (unpaired) electrons. The maximum atomic E-state index is 2.43. The van der Waals surface area contributed by atoms with E-state index in [9.17, 15) is 0 Å². The standard InChI is InChI=1S/C37H33N/c1-36(2)30-18-12-19-32(34(30)28-22-21-25(23-31(28)36)24-13-7-6-8-14-24)38(5)33-20-11-16-27-26-15-9-10-17-29(26)37(3,4)35(27)33/h6-23H,1-5H3. The molecule has 0 aliphatic heterocycles. The van der Waals surface area contributed by atoms with Gasteiger partial charge in [-0.1, -0.05) is 119 Å². The van der Waals surface area contributed by atoms with E-state index in [1.165, 1.54) is 67.0 Å². The van der Waals surface area contributed by atoms with Crippen molar-refractivity contribution < 1.29 is 0 Å². The van der Waals surface area contributed by atoms with Gasteiger partial charge < -0.3 is 4.90 Å². The first kappa shape index (κ1) is 23.0. The molecule has 0 bridgehead atoms. The molecule has 7 rings (SSSR count). The molecular formula is C37H33N. The molecule has 0 saturated heterocycles. The number of hydrogen-bond donors (Lipinski definition) is 0. The first-order chi connectivity index (χ1) is 18.3. The van der Waals surface area contributed by atoms with Gasteiger partial charge in [0, 0.05) is 34.8 Å². The van der Waals surface area contributed by atoms with E-state index < -0.39 is 0 Å². The van der Waals surface area contributed by atoms with E-state index in [0.717, 1.165) is 0 Å². The number of hydrogen-bond acceptors (Lipinski definition) is 1. The maximum Gasteiger partial charge on any atom is 0.0491 e. The van der Waals surface area contributed by atoms with Gasteiger partial charge >= 0.3 is 0 Å². The maximum absolute atomic E-state index is 2.43. The number of nitrogens with zero attached hydrogens (tertiary/aromatic N) is 1. The zero-order valence-electron chi connectivity index (χ0n) is 22.8. The molecule has 5 aromatic rings. The van der Waals surface area contributed by atoms with Crippen molar-refractivity contribution in [2.45, 2.75) is 38.5 Å². The van der Waals surface area contributed by atoms with Crippen LogP contribution < -0.4 is 4.90 Å². The quantitative estimate of drug-likeness (QED) is 0.243. The van der Waals surface area contributed by atoms with E-state index >= 15 is 0 Å². The molecule has 2 aliphatic rings. The second-order valence-corrected chi connectivity index (χ2v) is 11.9. The third-order valence-electron chi connectivity index (χ3n) is 9.07. The number of fused-ring (bicyclic) bond motifs is 6. The lowest BCUT2D eigenvalue weighted by Crippen LogP contribution is -2.21. The number of anilines is 2. The number of benzene rings is 5. The highest BCUT2D eigenvalue weighted by molar-refractivity contribution is 5.95. The van der Waals surface area contributed by atoms with Gasteiger partial charge in [-0.25, -0.2) is 0 Å². The van der Waals surface area contributed by atoms with Crippen molar-refractivity contribution in [3.63, 3.8) is 0 Å². The molecular weight excluding hydrogens is 458 g/mol. The molecule has 5 aromatic carbocycles. The van der Waals surface area contributed by atoms with Crippen molar-refractivity contribution in [3.8, 4) is 33.4 Å². The molecule has 1 heteroatoms. The number of rotatable bonds is 3. The third-order valence-corrected chi connectivity index (χ3v) is 9.07. The van der Waals surface area contributed by atoms with E-state index in [1.807, 2.05) is 0 Å². The highest BCUT2D eigenvalue weighted by Gasteiger charge is 2.40. The summed E-state index contributed by atoms with van der Waals surface area (Å²) in [5, 5.41) is 0. The van der Waals surface area contributed by atoms with E-state index in [1.54, 1.807) is 0 Å². The Hall–Kier alpha value is -4.10. The Labute approximate surface area is 226 Å². The van der Waals surface area contributed by atoms with Crippen molar-refractivity contribution in [2.75, 3.05) is 11.9 Å². The van der Waals surface area contributed by atoms with Crippen molar-refractivity contribution >= 4 is 11.4 Å². The second kappa shape index (κ2) is 7.95. The summed E-state index contributed by atoms with van der Waals surface area (Å²) >= 11 is 0. The Bertz CT molecular complexity index is 1720. The molecule has 0 unspecified atom stereocenters. The van der Waals surface area contributed by atoms with E-state index in [2.05, 4.69) is 149 Å². The fourth-order valence-corrected chi connectivity index (χ4v) is 7.09. The minimum Gasteiger partial charge on any atom is -0.344 e. The summed E-state index contributed by atoms with van der Waals surface area (Å²) in [5.74, 6) is 0. The van der Waals surface area contributed by atoms with Gasteiger partial charge in [0.15, 0.2) is 0 Å². The van der Waals surface area contributed by atoms with Crippen LogP contribution in [0.1, 0.15) is 49.9 Å². The molecule has 0 spiro atoms. The Morgan fingerprint density at radius 1 is 0.474 bits per heavy atom. The molecule has 0 aromatic heterocycles. The lowest BCUT2D eigenvalue weighted by Gasteiger charge is -2.31. The lowest BCUT2D eigenvalue weighted by atomic mass is 9.81. The van der Waals surface area contributed by atoms with Crippen LogP contribution in [0.15, 0.2) is 109 Å². The molecule has 38 heavy (non-hydrogen) atoms. The summed E-state index contributed by atoms with van der Waals surface area (Å²) in [6, 6.07) is 40.3. The van der Waals surface area contributed by atoms with Crippen molar-refractivity contribution in [2.24, 2.45) is 0 Å². The topological polar surface area (TPSA) is 3.24 Å². The second-order valence-electron chi connectivity index (χ2n) is 11.9. The predicted octanol–water partition coefficient (Wildman–Crippen LogP) is 9.73. The minimum absolute atomic E-state index is 0.0590. The summed E-state index contributed by atoms with van der Waals surface area (Å²) in [4.78, 5) is 2.43. The summed E-state index contributed by atoms with van der Waals surface area (Å²) in [6.07, 6.45) is 0. The van der Waals surface area contributed by atoms with Crippen LogP contribution >= 0.6 is 0 Å². The third kappa shape index (κ3) is 3.05. The Balaban J connectivity index is 1.40. The van der Waals surface area contributed by atoms with Gasteiger partial charge in [0.1, 0.15) is 0 Å². The highest BCUT2D eigenvalue weighted by atomic mass is 15.1. The van der Waals surface area contributed by atoms with Gasteiger partial charge in [-0.15, -0.1) is 0 Å². The van der Waals surface area contributed by atoms with Crippen LogP contribution in [0.25, 0.3) is 33.4 Å². The fourth-order valence-electron chi connectivity index (χ4n) is 7.09. The summed E-state index contributed by atoms with van der Waals surface area (Å²) in [5.41, 5.74) is 16.0. The first-order valence-corrected chi connectivity index (χ1v) is 13.6. The van der Waals surface area contributed by atoms with Gasteiger partial charge in [-0.05, 0) is 68.3 Å². The molecule has 0 saturated carbocycles. The Morgan fingerprint density at radius 3 is 1.95 bits per heavy atom. The largest absolute Gasteiger partial charge is 0.344 e. The Kier molecular flexibility index (Phi) is 4.82. The summed E-state index contributed by atoms with van der Waals surface area (Å²) in [6.45, 7) is 9.48. The van der Waals surface area contributed by atoms with Crippen LogP contribution in [0.4, 0.5) is 11.4 Å². The molecule has 0 N–H and O–H groups in total. The van der Waals surface area contributed by atoms with E-state index in [4.69, 9.17) is 0 Å². The molecule has 0 amide bonds. The fraction of sp³-hybridized carbons (Fsp3) is 0.189. The summed E-state index contributed by atoms with van der Waals surface area (Å²) < 4.78 is 0. The van der Waals surface area contributed by atoms with Gasteiger partial charge in [0.05, 0.1) is 0 Å². The Morgan fingerprint density at radius 2 is 1.13 bits per heavy atom. The van der Waals surface area contributed by atoms with Crippen LogP contribution in [0.5, 0.6) is 0 Å². The molecule has 0 atom stereocenters. The average Bonchev–Trinajstić information content (AvgIpc) is 3.33. The predicted molar refractivity (Wildman–Crippen MR) is 162 cm³/mol. The zero-order chi connectivity index (χ0) is 26.2. The van der Waals surface area contributed by atoms with Crippen molar-refractivity contribution in [3.05, 3.63) is 131 Å². The van der Waals surface area contributed by atoms with Gasteiger partial charge in [-0.3, -0.25) is 0 Å². The van der Waals surface area contributed by atoms with Gasteiger partial charge in [0.2, 0.25) is 0 Å². The van der Waals surface area contributed by atoms with E-state index in [-0.39, 0.29) is 10.8 Å². The smallest absolute Gasteiger partial charge is 0.0491 e. The summed E-state index contributed by atoms with van der Waals surface area (Å²) in [7, 11) is 2.24. The van der Waals surface area contributed by atoms with Gasteiger partial charge in [0.25, 0.3) is 0 Å². The van der Waals surface area contributed by atoms with Crippen LogP contribution in [-0.2, 0) is 10.8 Å².